The number of allylic oxidation sites excluding steroid dienone is 1. The standard InChI is InChI=1S/C12H16O5/c13-9(3-1-2-4-12(16)17)5-8-6-10(14)7-11(8)15/h6,10,14H,1-5,7H2,(H,16,17). The second-order valence-electron chi connectivity index (χ2n) is 4.20. The van der Waals surface area contributed by atoms with Crippen molar-refractivity contribution in [3.8, 4) is 0 Å². The van der Waals surface area contributed by atoms with Gasteiger partial charge in [-0.3, -0.25) is 14.4 Å². The Bertz CT molecular complexity index is 356. The van der Waals surface area contributed by atoms with Gasteiger partial charge in [0.05, 0.1) is 6.10 Å². The second kappa shape index (κ2) is 6.30. The Morgan fingerprint density at radius 3 is 2.47 bits per heavy atom. The fourth-order valence-corrected chi connectivity index (χ4v) is 1.76. The molecule has 0 aliphatic heterocycles. The maximum Gasteiger partial charge on any atom is 0.303 e. The van der Waals surface area contributed by atoms with E-state index in [9.17, 15) is 19.5 Å². The number of Topliss-reactive ketones (excluding diaryl/α,β-unsaturated/α-hetero) is 2. The van der Waals surface area contributed by atoms with Crippen LogP contribution in [-0.2, 0) is 14.4 Å². The van der Waals surface area contributed by atoms with Crippen molar-refractivity contribution < 1.29 is 24.6 Å². The van der Waals surface area contributed by atoms with Gasteiger partial charge >= 0.3 is 5.97 Å². The van der Waals surface area contributed by atoms with Crippen LogP contribution in [0.15, 0.2) is 11.6 Å². The molecular weight excluding hydrogens is 224 g/mol. The zero-order valence-electron chi connectivity index (χ0n) is 9.52. The van der Waals surface area contributed by atoms with Crippen LogP contribution in [0.4, 0.5) is 0 Å². The highest BCUT2D eigenvalue weighted by molar-refractivity contribution is 6.02. The summed E-state index contributed by atoms with van der Waals surface area (Å²) in [6, 6.07) is 0. The van der Waals surface area contributed by atoms with Gasteiger partial charge in [0.2, 0.25) is 0 Å². The molecule has 5 nitrogen and oxygen atoms in total. The van der Waals surface area contributed by atoms with Crippen molar-refractivity contribution in [1.82, 2.24) is 0 Å². The first-order valence-electron chi connectivity index (χ1n) is 5.64. The first kappa shape index (κ1) is 13.6. The summed E-state index contributed by atoms with van der Waals surface area (Å²) in [4.78, 5) is 33.0. The third-order valence-electron chi connectivity index (χ3n) is 2.63. The summed E-state index contributed by atoms with van der Waals surface area (Å²) in [6.45, 7) is 0. The van der Waals surface area contributed by atoms with Gasteiger partial charge in [-0.15, -0.1) is 0 Å². The zero-order valence-corrected chi connectivity index (χ0v) is 9.52. The maximum atomic E-state index is 11.5. The lowest BCUT2D eigenvalue weighted by Gasteiger charge is -2.00. The molecule has 0 fully saturated rings. The van der Waals surface area contributed by atoms with Gasteiger partial charge in [-0.05, 0) is 18.9 Å². The van der Waals surface area contributed by atoms with Gasteiger partial charge in [0.25, 0.3) is 0 Å². The lowest BCUT2D eigenvalue weighted by atomic mass is 10.0. The number of rotatable bonds is 7. The van der Waals surface area contributed by atoms with Gasteiger partial charge in [0.15, 0.2) is 5.78 Å². The summed E-state index contributed by atoms with van der Waals surface area (Å²) in [6.07, 6.45) is 2.15. The average molecular weight is 240 g/mol. The number of carboxylic acid groups (broad SMARTS) is 1. The van der Waals surface area contributed by atoms with Crippen LogP contribution in [0.2, 0.25) is 0 Å². The molecule has 0 saturated carbocycles. The van der Waals surface area contributed by atoms with Crippen molar-refractivity contribution in [1.29, 1.82) is 0 Å². The normalized spacial score (nSPS) is 19.2. The number of aliphatic carboxylic acids is 1. The van der Waals surface area contributed by atoms with E-state index in [0.717, 1.165) is 0 Å². The molecule has 0 heterocycles. The Balaban J connectivity index is 2.23. The minimum absolute atomic E-state index is 0.0585. The molecule has 1 unspecified atom stereocenters. The molecule has 1 rings (SSSR count). The number of hydrogen-bond acceptors (Lipinski definition) is 4. The van der Waals surface area contributed by atoms with Crippen LogP contribution < -0.4 is 0 Å². The van der Waals surface area contributed by atoms with E-state index in [1.807, 2.05) is 0 Å². The third kappa shape index (κ3) is 4.91. The molecule has 1 aliphatic rings. The van der Waals surface area contributed by atoms with E-state index in [-0.39, 0.29) is 37.2 Å². The molecule has 17 heavy (non-hydrogen) atoms. The van der Waals surface area contributed by atoms with Gasteiger partial charge < -0.3 is 10.2 Å². The Morgan fingerprint density at radius 2 is 1.94 bits per heavy atom. The van der Waals surface area contributed by atoms with E-state index in [0.29, 0.717) is 18.4 Å². The SMILES string of the molecule is O=C(O)CCCCC(=O)CC1=CC(O)CC1=O. The van der Waals surface area contributed by atoms with Gasteiger partial charge in [0.1, 0.15) is 5.78 Å². The maximum absolute atomic E-state index is 11.5. The van der Waals surface area contributed by atoms with Crippen LogP contribution in [0.5, 0.6) is 0 Å². The van der Waals surface area contributed by atoms with Crippen molar-refractivity contribution in [2.45, 2.75) is 44.6 Å². The summed E-state index contributed by atoms with van der Waals surface area (Å²) >= 11 is 0. The van der Waals surface area contributed by atoms with Crippen LogP contribution in [0.25, 0.3) is 0 Å². The van der Waals surface area contributed by atoms with Crippen LogP contribution in [-0.4, -0.2) is 33.9 Å². The summed E-state index contributed by atoms with van der Waals surface area (Å²) in [7, 11) is 0. The molecule has 0 spiro atoms. The van der Waals surface area contributed by atoms with E-state index in [2.05, 4.69) is 0 Å². The Labute approximate surface area is 99.1 Å². The fourth-order valence-electron chi connectivity index (χ4n) is 1.76. The van der Waals surface area contributed by atoms with Crippen molar-refractivity contribution in [2.24, 2.45) is 0 Å². The van der Waals surface area contributed by atoms with Crippen LogP contribution in [0.3, 0.4) is 0 Å². The van der Waals surface area contributed by atoms with Gasteiger partial charge in [-0.2, -0.15) is 0 Å². The molecule has 0 aromatic carbocycles. The molecule has 1 atom stereocenters. The average Bonchev–Trinajstić information content (AvgIpc) is 2.52. The molecule has 0 aromatic heterocycles. The molecule has 0 saturated heterocycles. The lowest BCUT2D eigenvalue weighted by molar-refractivity contribution is -0.137. The first-order chi connectivity index (χ1) is 7.99. The number of carbonyl (C=O) groups is 3. The number of carboxylic acids is 1. The quantitative estimate of drug-likeness (QED) is 0.644. The molecule has 0 radical (unpaired) electrons. The number of aliphatic hydroxyl groups is 1. The van der Waals surface area contributed by atoms with Crippen LogP contribution in [0, 0.1) is 0 Å². The van der Waals surface area contributed by atoms with E-state index >= 15 is 0 Å². The summed E-state index contributed by atoms with van der Waals surface area (Å²) in [5.74, 6) is -1.12. The topological polar surface area (TPSA) is 91.7 Å². The molecule has 1 aliphatic carbocycles. The molecular formula is C12H16O5. The van der Waals surface area contributed by atoms with E-state index in [1.54, 1.807) is 0 Å². The minimum atomic E-state index is -0.866. The van der Waals surface area contributed by atoms with Crippen LogP contribution >= 0.6 is 0 Å². The fraction of sp³-hybridized carbons (Fsp3) is 0.583. The van der Waals surface area contributed by atoms with E-state index in [1.165, 1.54) is 6.08 Å². The second-order valence-corrected chi connectivity index (χ2v) is 4.20. The highest BCUT2D eigenvalue weighted by atomic mass is 16.4. The zero-order chi connectivity index (χ0) is 12.8. The molecule has 0 bridgehead atoms. The minimum Gasteiger partial charge on any atom is -0.481 e. The Hall–Kier alpha value is -1.49. The number of ketones is 2. The van der Waals surface area contributed by atoms with Gasteiger partial charge in [0, 0.05) is 31.3 Å². The molecule has 0 aromatic rings. The predicted octanol–water partition coefficient (Wildman–Crippen LogP) is 0.851. The highest BCUT2D eigenvalue weighted by Crippen LogP contribution is 2.19. The summed E-state index contributed by atoms with van der Waals surface area (Å²) in [5.41, 5.74) is 0.390. The largest absolute Gasteiger partial charge is 0.481 e. The van der Waals surface area contributed by atoms with E-state index < -0.39 is 12.1 Å². The number of aliphatic hydroxyl groups excluding tert-OH is 1. The highest BCUT2D eigenvalue weighted by Gasteiger charge is 2.23. The summed E-state index contributed by atoms with van der Waals surface area (Å²) < 4.78 is 0. The third-order valence-corrected chi connectivity index (χ3v) is 2.63. The molecule has 0 amide bonds. The van der Waals surface area contributed by atoms with Crippen molar-refractivity contribution in [3.05, 3.63) is 11.6 Å². The number of unbranched alkanes of at least 4 members (excludes halogenated alkanes) is 1. The molecule has 2 N–H and O–H groups in total. The van der Waals surface area contributed by atoms with Gasteiger partial charge in [-0.25, -0.2) is 0 Å². The first-order valence-corrected chi connectivity index (χ1v) is 5.64. The number of carbonyl (C=O) groups excluding carboxylic acids is 2. The van der Waals surface area contributed by atoms with Crippen molar-refractivity contribution in [3.63, 3.8) is 0 Å². The smallest absolute Gasteiger partial charge is 0.303 e. The Morgan fingerprint density at radius 1 is 1.29 bits per heavy atom. The van der Waals surface area contributed by atoms with Gasteiger partial charge in [-0.1, -0.05) is 0 Å². The van der Waals surface area contributed by atoms with Crippen molar-refractivity contribution in [2.75, 3.05) is 0 Å². The summed E-state index contributed by atoms with van der Waals surface area (Å²) in [5, 5.41) is 17.6. The molecule has 94 valence electrons. The van der Waals surface area contributed by atoms with Crippen molar-refractivity contribution >= 4 is 17.5 Å². The van der Waals surface area contributed by atoms with Crippen LogP contribution in [0.1, 0.15) is 38.5 Å². The number of hydrogen-bond donors (Lipinski definition) is 2. The monoisotopic (exact) mass is 240 g/mol. The predicted molar refractivity (Wildman–Crippen MR) is 59.4 cm³/mol. The Kier molecular flexibility index (Phi) is 5.03. The van der Waals surface area contributed by atoms with E-state index in [4.69, 9.17) is 5.11 Å². The molecule has 5 heteroatoms. The lowest BCUT2D eigenvalue weighted by Crippen LogP contribution is -2.05.